The molecule has 1 aliphatic rings. The highest BCUT2D eigenvalue weighted by Crippen LogP contribution is 2.39. The molecule has 2 aromatic rings. The third-order valence-electron chi connectivity index (χ3n) is 6.15. The van der Waals surface area contributed by atoms with Crippen molar-refractivity contribution in [3.8, 4) is 11.5 Å². The number of carbonyl (C=O) groups excluding carboxylic acids is 1. The Morgan fingerprint density at radius 2 is 1.49 bits per heavy atom. The van der Waals surface area contributed by atoms with Crippen molar-refractivity contribution in [1.29, 1.82) is 0 Å². The van der Waals surface area contributed by atoms with Crippen molar-refractivity contribution in [3.05, 3.63) is 88.7 Å². The lowest BCUT2D eigenvalue weighted by Gasteiger charge is -2.27. The first-order valence-electron chi connectivity index (χ1n) is 13.0. The number of hydrogen-bond donors (Lipinski definition) is 0. The highest BCUT2D eigenvalue weighted by molar-refractivity contribution is 6.35. The maximum atomic E-state index is 13.3. The van der Waals surface area contributed by atoms with Crippen LogP contribution in [-0.4, -0.2) is 26.5 Å². The molecule has 3 rings (SSSR count). The van der Waals surface area contributed by atoms with E-state index in [-0.39, 0.29) is 17.1 Å². The van der Waals surface area contributed by atoms with Crippen LogP contribution in [-0.2, 0) is 9.45 Å². The van der Waals surface area contributed by atoms with Gasteiger partial charge in [-0.15, -0.1) is 0 Å². The van der Waals surface area contributed by atoms with E-state index in [4.69, 9.17) is 14.1 Å². The first-order valence-corrected chi connectivity index (χ1v) is 13.0. The summed E-state index contributed by atoms with van der Waals surface area (Å²) in [6.45, 7) is 6.92. The van der Waals surface area contributed by atoms with Gasteiger partial charge in [0.25, 0.3) is 0 Å². The monoisotopic (exact) mass is 508 g/mol. The van der Waals surface area contributed by atoms with Crippen LogP contribution in [0.1, 0.15) is 69.9 Å². The molecule has 0 saturated carbocycles. The molecule has 37 heavy (non-hydrogen) atoms. The fourth-order valence-corrected chi connectivity index (χ4v) is 4.17. The molecular weight excluding hydrogens is 473 g/mol. The van der Waals surface area contributed by atoms with Crippen LogP contribution in [0.25, 0.3) is 6.08 Å². The zero-order chi connectivity index (χ0) is 26.6. The Bertz CT molecular complexity index is 1110. The van der Waals surface area contributed by atoms with Gasteiger partial charge in [-0.05, 0) is 73.2 Å². The van der Waals surface area contributed by atoms with Gasteiger partial charge in [0, 0.05) is 11.5 Å². The lowest BCUT2D eigenvalue weighted by molar-refractivity contribution is -0.114. The number of benzene rings is 2. The SMILES string of the molecule is CCCCOc1ccc(/C=C\C2=CC(OB(F)F)=C(C(C)=O)[C@H](c3ccc(OCCCC)cc3)C2)cc1. The lowest BCUT2D eigenvalue weighted by Crippen LogP contribution is -2.19. The van der Waals surface area contributed by atoms with E-state index >= 15 is 0 Å². The minimum atomic E-state index is -3.03. The van der Waals surface area contributed by atoms with Crippen molar-refractivity contribution in [2.45, 2.75) is 58.8 Å². The lowest BCUT2D eigenvalue weighted by atomic mass is 9.79. The van der Waals surface area contributed by atoms with Crippen molar-refractivity contribution in [2.24, 2.45) is 0 Å². The van der Waals surface area contributed by atoms with Crippen LogP contribution in [0, 0.1) is 0 Å². The van der Waals surface area contributed by atoms with E-state index in [1.807, 2.05) is 60.7 Å². The van der Waals surface area contributed by atoms with Crippen LogP contribution in [0.2, 0.25) is 0 Å². The number of carbonyl (C=O) groups is 1. The van der Waals surface area contributed by atoms with Crippen molar-refractivity contribution >= 4 is 19.3 Å². The van der Waals surface area contributed by atoms with Crippen LogP contribution in [0.4, 0.5) is 8.63 Å². The molecule has 196 valence electrons. The number of ether oxygens (including phenoxy) is 2. The second-order valence-electron chi connectivity index (χ2n) is 9.06. The molecule has 0 bridgehead atoms. The second kappa shape index (κ2) is 14.4. The number of Topliss-reactive ketones (excluding diaryl/α,β-unsaturated/α-hetero) is 1. The minimum absolute atomic E-state index is 0.0821. The van der Waals surface area contributed by atoms with Crippen molar-refractivity contribution < 1.29 is 27.6 Å². The zero-order valence-corrected chi connectivity index (χ0v) is 21.8. The molecule has 4 nitrogen and oxygen atoms in total. The number of allylic oxidation sites excluding steroid dienone is 4. The Hall–Kier alpha value is -3.35. The fraction of sp³-hybridized carbons (Fsp3) is 0.367. The second-order valence-corrected chi connectivity index (χ2v) is 9.06. The molecule has 1 atom stereocenters. The van der Waals surface area contributed by atoms with E-state index in [0.717, 1.165) is 53.9 Å². The number of unbranched alkanes of at least 4 members (excludes halogenated alkanes) is 2. The summed E-state index contributed by atoms with van der Waals surface area (Å²) in [6.07, 6.45) is 9.91. The van der Waals surface area contributed by atoms with Crippen LogP contribution in [0.5, 0.6) is 11.5 Å². The smallest absolute Gasteiger partial charge is 0.505 e. The molecule has 0 aromatic heterocycles. The van der Waals surface area contributed by atoms with Crippen LogP contribution < -0.4 is 9.47 Å². The van der Waals surface area contributed by atoms with Crippen LogP contribution in [0.15, 0.2) is 77.6 Å². The maximum absolute atomic E-state index is 13.3. The van der Waals surface area contributed by atoms with Crippen LogP contribution >= 0.6 is 0 Å². The maximum Gasteiger partial charge on any atom is 0.796 e. The molecule has 0 spiro atoms. The molecule has 0 N–H and O–H groups in total. The largest absolute Gasteiger partial charge is 0.796 e. The predicted molar refractivity (Wildman–Crippen MR) is 145 cm³/mol. The highest BCUT2D eigenvalue weighted by atomic mass is 19.2. The van der Waals surface area contributed by atoms with Gasteiger partial charge in [0.1, 0.15) is 17.3 Å². The molecule has 7 heteroatoms. The van der Waals surface area contributed by atoms with Gasteiger partial charge in [0.05, 0.1) is 13.2 Å². The van der Waals surface area contributed by atoms with E-state index in [9.17, 15) is 13.4 Å². The molecule has 1 aliphatic carbocycles. The van der Waals surface area contributed by atoms with Crippen molar-refractivity contribution in [3.63, 3.8) is 0 Å². The highest BCUT2D eigenvalue weighted by Gasteiger charge is 2.31. The number of halogens is 2. The van der Waals surface area contributed by atoms with Crippen LogP contribution in [0.3, 0.4) is 0 Å². The Morgan fingerprint density at radius 3 is 2.00 bits per heavy atom. The van der Waals surface area contributed by atoms with E-state index in [2.05, 4.69) is 13.8 Å². The van der Waals surface area contributed by atoms with Gasteiger partial charge >= 0.3 is 7.47 Å². The number of hydrogen-bond acceptors (Lipinski definition) is 4. The summed E-state index contributed by atoms with van der Waals surface area (Å²) >= 11 is 0. The van der Waals surface area contributed by atoms with Gasteiger partial charge in [-0.1, -0.05) is 63.1 Å². The van der Waals surface area contributed by atoms with E-state index in [0.29, 0.717) is 19.6 Å². The molecule has 0 heterocycles. The molecule has 0 unspecified atom stereocenters. The summed E-state index contributed by atoms with van der Waals surface area (Å²) in [6, 6.07) is 15.2. The van der Waals surface area contributed by atoms with Gasteiger partial charge in [-0.25, -0.2) is 8.63 Å². The topological polar surface area (TPSA) is 44.8 Å². The average molecular weight is 508 g/mol. The normalized spacial score (nSPS) is 15.5. The quantitative estimate of drug-likeness (QED) is 0.192. The summed E-state index contributed by atoms with van der Waals surface area (Å²) in [5, 5.41) is 0. The van der Waals surface area contributed by atoms with Gasteiger partial charge in [-0.3, -0.25) is 4.79 Å². The van der Waals surface area contributed by atoms with E-state index in [1.165, 1.54) is 6.92 Å². The Balaban J connectivity index is 1.84. The van der Waals surface area contributed by atoms with E-state index < -0.39 is 13.4 Å². The standard InChI is InChI=1S/C30H35BF2O4/c1-4-6-18-35-26-14-10-23(11-15-26)8-9-24-20-28(30(22(3)34)29(21-24)37-31(32)33)25-12-16-27(17-13-25)36-19-7-5-2/h8-17,21,28H,4-7,18-20H2,1-3H3/b9-8-/t28-/m0/s1. The predicted octanol–water partition coefficient (Wildman–Crippen LogP) is 7.96. The molecule has 0 amide bonds. The molecule has 0 saturated heterocycles. The van der Waals surface area contributed by atoms with E-state index in [1.54, 1.807) is 6.08 Å². The number of rotatable bonds is 14. The Labute approximate surface area is 219 Å². The molecule has 2 aromatic carbocycles. The zero-order valence-electron chi connectivity index (χ0n) is 21.8. The fourth-order valence-electron chi connectivity index (χ4n) is 4.17. The molecule has 0 aliphatic heterocycles. The molecule has 0 radical (unpaired) electrons. The Kier molecular flexibility index (Phi) is 11.0. The summed E-state index contributed by atoms with van der Waals surface area (Å²) < 4.78 is 42.8. The van der Waals surface area contributed by atoms with Gasteiger partial charge in [0.15, 0.2) is 5.78 Å². The first-order chi connectivity index (χ1) is 17.9. The summed E-state index contributed by atoms with van der Waals surface area (Å²) in [5.74, 6) is 0.771. The summed E-state index contributed by atoms with van der Waals surface area (Å²) in [4.78, 5) is 12.6. The van der Waals surface area contributed by atoms with Gasteiger partial charge < -0.3 is 14.1 Å². The molecule has 0 fully saturated rings. The minimum Gasteiger partial charge on any atom is -0.505 e. The summed E-state index contributed by atoms with van der Waals surface area (Å²) in [7, 11) is -3.03. The third-order valence-corrected chi connectivity index (χ3v) is 6.15. The van der Waals surface area contributed by atoms with Gasteiger partial charge in [0.2, 0.25) is 0 Å². The average Bonchev–Trinajstić information content (AvgIpc) is 2.88. The Morgan fingerprint density at radius 1 is 0.919 bits per heavy atom. The molecular formula is C30H35BF2O4. The van der Waals surface area contributed by atoms with Crippen molar-refractivity contribution in [2.75, 3.05) is 13.2 Å². The number of ketones is 1. The summed E-state index contributed by atoms with van der Waals surface area (Å²) in [5.41, 5.74) is 2.84. The third kappa shape index (κ3) is 8.62. The first kappa shape index (κ1) is 28.2. The van der Waals surface area contributed by atoms with Crippen molar-refractivity contribution in [1.82, 2.24) is 0 Å². The van der Waals surface area contributed by atoms with Gasteiger partial charge in [-0.2, -0.15) is 0 Å².